The molecule has 0 saturated heterocycles. The highest BCUT2D eigenvalue weighted by molar-refractivity contribution is 6.01. The molecule has 126 valence electrons. The van der Waals surface area contributed by atoms with Gasteiger partial charge in [0.2, 0.25) is 0 Å². The number of aryl methyl sites for hydroxylation is 1. The van der Waals surface area contributed by atoms with Crippen molar-refractivity contribution in [2.24, 2.45) is 0 Å². The molecule has 24 heavy (non-hydrogen) atoms. The lowest BCUT2D eigenvalue weighted by Crippen LogP contribution is -2.43. The van der Waals surface area contributed by atoms with Crippen molar-refractivity contribution in [3.8, 4) is 0 Å². The molecule has 3 rings (SSSR count). The maximum atomic E-state index is 12.9. The number of para-hydroxylation sites is 1. The molecule has 2 heterocycles. The van der Waals surface area contributed by atoms with E-state index in [0.29, 0.717) is 18.7 Å². The van der Waals surface area contributed by atoms with E-state index in [4.69, 9.17) is 0 Å². The van der Waals surface area contributed by atoms with Crippen LogP contribution in [0.5, 0.6) is 0 Å². The third-order valence-corrected chi connectivity index (χ3v) is 4.37. The lowest BCUT2D eigenvalue weighted by Gasteiger charge is -2.37. The first-order valence-electron chi connectivity index (χ1n) is 8.00. The molecule has 0 saturated carbocycles. The summed E-state index contributed by atoms with van der Waals surface area (Å²) in [6.45, 7) is 8.57. The zero-order valence-corrected chi connectivity index (χ0v) is 14.0. The number of aromatic nitrogens is 2. The van der Waals surface area contributed by atoms with Crippen LogP contribution >= 0.6 is 0 Å². The van der Waals surface area contributed by atoms with Crippen LogP contribution in [0.3, 0.4) is 0 Å². The summed E-state index contributed by atoms with van der Waals surface area (Å²) in [4.78, 5) is 14.7. The molecule has 0 radical (unpaired) electrons. The summed E-state index contributed by atoms with van der Waals surface area (Å²) in [5, 5.41) is 17.2. The van der Waals surface area contributed by atoms with Gasteiger partial charge in [0.05, 0.1) is 24.4 Å². The molecule has 1 aliphatic rings. The van der Waals surface area contributed by atoms with Crippen LogP contribution in [0.15, 0.2) is 36.9 Å². The predicted octanol–water partition coefficient (Wildman–Crippen LogP) is 2.24. The molecule has 1 aromatic heterocycles. The number of benzene rings is 1. The van der Waals surface area contributed by atoms with Gasteiger partial charge >= 0.3 is 0 Å². The van der Waals surface area contributed by atoms with Crippen LogP contribution in [0.25, 0.3) is 0 Å². The first kappa shape index (κ1) is 16.3. The van der Waals surface area contributed by atoms with Crippen LogP contribution in [0.2, 0.25) is 0 Å². The smallest absolute Gasteiger partial charge is 0.258 e. The highest BCUT2D eigenvalue weighted by Gasteiger charge is 2.35. The quantitative estimate of drug-likeness (QED) is 0.827. The molecule has 2 N–H and O–H groups in total. The SMILES string of the molecule is C=CCN1C(=O)c2ccccc2NC1c1c(C)nn(CCO)c1C. The van der Waals surface area contributed by atoms with Gasteiger partial charge in [0.15, 0.2) is 0 Å². The predicted molar refractivity (Wildman–Crippen MR) is 92.8 cm³/mol. The van der Waals surface area contributed by atoms with E-state index in [1.54, 1.807) is 15.7 Å². The topological polar surface area (TPSA) is 70.4 Å². The van der Waals surface area contributed by atoms with Gasteiger partial charge in [0, 0.05) is 23.5 Å². The standard InChI is InChI=1S/C18H22N4O2/c1-4-9-21-17(16-12(2)20-22(10-11-23)13(16)3)19-15-8-6-5-7-14(15)18(21)24/h4-8,17,19,23H,1,9-11H2,2-3H3. The van der Waals surface area contributed by atoms with E-state index in [0.717, 1.165) is 22.6 Å². The van der Waals surface area contributed by atoms with Gasteiger partial charge in [0.1, 0.15) is 6.17 Å². The lowest BCUT2D eigenvalue weighted by molar-refractivity contribution is 0.0706. The second kappa shape index (κ2) is 6.49. The number of carbonyl (C=O) groups excluding carboxylic acids is 1. The minimum Gasteiger partial charge on any atom is -0.394 e. The molecule has 0 fully saturated rings. The van der Waals surface area contributed by atoms with E-state index in [2.05, 4.69) is 17.0 Å². The fourth-order valence-electron chi connectivity index (χ4n) is 3.27. The first-order chi connectivity index (χ1) is 11.6. The van der Waals surface area contributed by atoms with E-state index >= 15 is 0 Å². The van der Waals surface area contributed by atoms with Crippen molar-refractivity contribution in [1.82, 2.24) is 14.7 Å². The van der Waals surface area contributed by atoms with Crippen LogP contribution < -0.4 is 5.32 Å². The van der Waals surface area contributed by atoms with E-state index in [1.807, 2.05) is 38.1 Å². The Labute approximate surface area is 141 Å². The van der Waals surface area contributed by atoms with E-state index in [1.165, 1.54) is 0 Å². The van der Waals surface area contributed by atoms with Gasteiger partial charge < -0.3 is 15.3 Å². The minimum atomic E-state index is -0.308. The summed E-state index contributed by atoms with van der Waals surface area (Å²) >= 11 is 0. The molecule has 1 amide bonds. The molecule has 0 aliphatic carbocycles. The third kappa shape index (κ3) is 2.59. The van der Waals surface area contributed by atoms with Crippen LogP contribution in [-0.4, -0.2) is 38.8 Å². The molecule has 1 aliphatic heterocycles. The number of nitrogens with zero attached hydrogens (tertiary/aromatic N) is 3. The normalized spacial score (nSPS) is 16.7. The fourth-order valence-corrected chi connectivity index (χ4v) is 3.27. The number of aliphatic hydroxyl groups excluding tert-OH is 1. The molecule has 1 unspecified atom stereocenters. The molecule has 1 aromatic carbocycles. The van der Waals surface area contributed by atoms with Crippen molar-refractivity contribution in [3.63, 3.8) is 0 Å². The minimum absolute atomic E-state index is 0.0250. The Balaban J connectivity index is 2.09. The third-order valence-electron chi connectivity index (χ3n) is 4.37. The summed E-state index contributed by atoms with van der Waals surface area (Å²) in [6.07, 6.45) is 1.42. The maximum absolute atomic E-state index is 12.9. The number of hydrogen-bond donors (Lipinski definition) is 2. The molecule has 0 bridgehead atoms. The Bertz CT molecular complexity index is 781. The number of aliphatic hydroxyl groups is 1. The van der Waals surface area contributed by atoms with Gasteiger partial charge in [-0.05, 0) is 26.0 Å². The summed E-state index contributed by atoms with van der Waals surface area (Å²) in [5.74, 6) is -0.0250. The van der Waals surface area contributed by atoms with E-state index in [-0.39, 0.29) is 18.7 Å². The monoisotopic (exact) mass is 326 g/mol. The maximum Gasteiger partial charge on any atom is 0.258 e. The van der Waals surface area contributed by atoms with Gasteiger partial charge in [-0.3, -0.25) is 9.48 Å². The Kier molecular flexibility index (Phi) is 4.40. The molecular weight excluding hydrogens is 304 g/mol. The summed E-state index contributed by atoms with van der Waals surface area (Å²) in [5.41, 5.74) is 4.24. The number of carbonyl (C=O) groups is 1. The number of nitrogens with one attached hydrogen (secondary N) is 1. The van der Waals surface area contributed by atoms with Crippen molar-refractivity contribution in [3.05, 3.63) is 59.4 Å². The summed E-state index contributed by atoms with van der Waals surface area (Å²) < 4.78 is 1.78. The highest BCUT2D eigenvalue weighted by atomic mass is 16.3. The number of hydrogen-bond acceptors (Lipinski definition) is 4. The first-order valence-corrected chi connectivity index (χ1v) is 8.00. The summed E-state index contributed by atoms with van der Waals surface area (Å²) in [6, 6.07) is 7.51. The molecule has 1 atom stereocenters. The van der Waals surface area contributed by atoms with Gasteiger partial charge in [-0.1, -0.05) is 18.2 Å². The van der Waals surface area contributed by atoms with Crippen molar-refractivity contribution < 1.29 is 9.90 Å². The van der Waals surface area contributed by atoms with Gasteiger partial charge in [-0.15, -0.1) is 6.58 Å². The zero-order chi connectivity index (χ0) is 17.3. The number of fused-ring (bicyclic) bond motifs is 1. The van der Waals surface area contributed by atoms with Gasteiger partial charge in [-0.2, -0.15) is 5.10 Å². The molecule has 6 nitrogen and oxygen atoms in total. The van der Waals surface area contributed by atoms with Crippen molar-refractivity contribution >= 4 is 11.6 Å². The zero-order valence-electron chi connectivity index (χ0n) is 14.0. The average molecular weight is 326 g/mol. The van der Waals surface area contributed by atoms with Crippen LogP contribution in [0.1, 0.15) is 33.5 Å². The van der Waals surface area contributed by atoms with Crippen molar-refractivity contribution in [2.75, 3.05) is 18.5 Å². The Morgan fingerprint density at radius 1 is 1.38 bits per heavy atom. The number of amides is 1. The van der Waals surface area contributed by atoms with Crippen molar-refractivity contribution in [1.29, 1.82) is 0 Å². The Hall–Kier alpha value is -2.60. The average Bonchev–Trinajstić information content (AvgIpc) is 2.85. The van der Waals surface area contributed by atoms with Gasteiger partial charge in [-0.25, -0.2) is 0 Å². The molecule has 2 aromatic rings. The molecule has 6 heteroatoms. The largest absolute Gasteiger partial charge is 0.394 e. The Morgan fingerprint density at radius 2 is 2.12 bits per heavy atom. The summed E-state index contributed by atoms with van der Waals surface area (Å²) in [7, 11) is 0. The second-order valence-corrected chi connectivity index (χ2v) is 5.87. The lowest BCUT2D eigenvalue weighted by atomic mass is 10.0. The van der Waals surface area contributed by atoms with Crippen LogP contribution in [0, 0.1) is 13.8 Å². The highest BCUT2D eigenvalue weighted by Crippen LogP contribution is 2.35. The number of anilines is 1. The van der Waals surface area contributed by atoms with E-state index in [9.17, 15) is 9.90 Å². The molecular formula is C18H22N4O2. The van der Waals surface area contributed by atoms with Gasteiger partial charge in [0.25, 0.3) is 5.91 Å². The number of rotatable bonds is 5. The fraction of sp³-hybridized carbons (Fsp3) is 0.333. The van der Waals surface area contributed by atoms with Crippen molar-refractivity contribution in [2.45, 2.75) is 26.6 Å². The Morgan fingerprint density at radius 3 is 2.83 bits per heavy atom. The van der Waals surface area contributed by atoms with Crippen LogP contribution in [0.4, 0.5) is 5.69 Å². The molecule has 0 spiro atoms. The second-order valence-electron chi connectivity index (χ2n) is 5.87. The van der Waals surface area contributed by atoms with Crippen LogP contribution in [-0.2, 0) is 6.54 Å². The van der Waals surface area contributed by atoms with E-state index < -0.39 is 0 Å².